The van der Waals surface area contributed by atoms with Gasteiger partial charge >= 0.3 is 0 Å². The highest BCUT2D eigenvalue weighted by molar-refractivity contribution is 5.98. The molecule has 2 heterocycles. The van der Waals surface area contributed by atoms with Crippen LogP contribution in [-0.2, 0) is 4.79 Å². The molecule has 8 heteroatoms. The molecule has 0 saturated carbocycles. The first-order valence-corrected chi connectivity index (χ1v) is 8.49. The van der Waals surface area contributed by atoms with Crippen molar-refractivity contribution >= 4 is 23.2 Å². The average Bonchev–Trinajstić information content (AvgIpc) is 2.68. The van der Waals surface area contributed by atoms with Crippen LogP contribution in [0.25, 0.3) is 0 Å². The molecule has 2 amide bonds. The first kappa shape index (κ1) is 17.8. The van der Waals surface area contributed by atoms with E-state index < -0.39 is 5.91 Å². The number of hydrogen-bond donors (Lipinski definition) is 2. The molecule has 0 atom stereocenters. The molecular formula is C18H22N6O2. The number of likely N-dealkylation sites (N-methyl/N-ethyl adjacent to an activating group) is 1. The summed E-state index contributed by atoms with van der Waals surface area (Å²) in [5.41, 5.74) is 2.02. The fourth-order valence-electron chi connectivity index (χ4n) is 2.69. The Hall–Kier alpha value is -3.00. The summed E-state index contributed by atoms with van der Waals surface area (Å²) in [6.07, 6.45) is 4.26. The number of rotatable bonds is 5. The van der Waals surface area contributed by atoms with Crippen molar-refractivity contribution in [1.82, 2.24) is 20.2 Å². The second-order valence-corrected chi connectivity index (χ2v) is 6.16. The standard InChI is InChI=1S/C18H22N6O2/c1-23-8-10-24(11-9-23)15-4-2-14(3-5-15)22-17(25)13-21-18(26)16-12-19-6-7-20-16/h2-7,12H,8-11,13H2,1H3,(H,21,26)(H,22,25). The Morgan fingerprint density at radius 2 is 1.81 bits per heavy atom. The van der Waals surface area contributed by atoms with Gasteiger partial charge in [0.05, 0.1) is 12.7 Å². The summed E-state index contributed by atoms with van der Waals surface area (Å²) in [6, 6.07) is 7.74. The lowest BCUT2D eigenvalue weighted by Gasteiger charge is -2.34. The Kier molecular flexibility index (Phi) is 5.75. The smallest absolute Gasteiger partial charge is 0.271 e. The number of piperazine rings is 1. The summed E-state index contributed by atoms with van der Waals surface area (Å²) in [4.78, 5) is 36.2. The van der Waals surface area contributed by atoms with Crippen molar-refractivity contribution in [2.75, 3.05) is 50.0 Å². The van der Waals surface area contributed by atoms with Gasteiger partial charge in [0.15, 0.2) is 0 Å². The van der Waals surface area contributed by atoms with Crippen LogP contribution in [0.1, 0.15) is 10.5 Å². The molecule has 2 N–H and O–H groups in total. The molecule has 26 heavy (non-hydrogen) atoms. The molecule has 0 bridgehead atoms. The number of nitrogens with zero attached hydrogens (tertiary/aromatic N) is 4. The van der Waals surface area contributed by atoms with E-state index in [1.165, 1.54) is 18.6 Å². The Bertz CT molecular complexity index is 742. The summed E-state index contributed by atoms with van der Waals surface area (Å²) in [5.74, 6) is -0.728. The first-order chi connectivity index (χ1) is 12.6. The van der Waals surface area contributed by atoms with Crippen LogP contribution in [0.4, 0.5) is 11.4 Å². The van der Waals surface area contributed by atoms with Crippen LogP contribution >= 0.6 is 0 Å². The van der Waals surface area contributed by atoms with Crippen molar-refractivity contribution in [3.8, 4) is 0 Å². The van der Waals surface area contributed by atoms with Crippen molar-refractivity contribution in [2.45, 2.75) is 0 Å². The van der Waals surface area contributed by atoms with E-state index in [0.717, 1.165) is 31.9 Å². The molecule has 1 aliphatic rings. The van der Waals surface area contributed by atoms with Crippen LogP contribution in [0.3, 0.4) is 0 Å². The third-order valence-corrected chi connectivity index (χ3v) is 4.22. The third kappa shape index (κ3) is 4.76. The van der Waals surface area contributed by atoms with E-state index in [9.17, 15) is 9.59 Å². The largest absolute Gasteiger partial charge is 0.369 e. The molecule has 8 nitrogen and oxygen atoms in total. The number of benzene rings is 1. The zero-order valence-corrected chi connectivity index (χ0v) is 14.7. The highest BCUT2D eigenvalue weighted by atomic mass is 16.2. The van der Waals surface area contributed by atoms with Crippen molar-refractivity contribution in [2.24, 2.45) is 0 Å². The normalized spacial score (nSPS) is 14.7. The number of nitrogens with one attached hydrogen (secondary N) is 2. The predicted molar refractivity (Wildman–Crippen MR) is 99.1 cm³/mol. The van der Waals surface area contributed by atoms with Gasteiger partial charge in [0.2, 0.25) is 5.91 Å². The molecule has 1 fully saturated rings. The van der Waals surface area contributed by atoms with Crippen LogP contribution < -0.4 is 15.5 Å². The van der Waals surface area contributed by atoms with Gasteiger partial charge in [0.1, 0.15) is 5.69 Å². The van der Waals surface area contributed by atoms with Gasteiger partial charge in [-0.25, -0.2) is 4.98 Å². The lowest BCUT2D eigenvalue weighted by atomic mass is 10.2. The molecule has 1 aromatic carbocycles. The summed E-state index contributed by atoms with van der Waals surface area (Å²) in [6.45, 7) is 3.96. The van der Waals surface area contributed by atoms with E-state index >= 15 is 0 Å². The highest BCUT2D eigenvalue weighted by Crippen LogP contribution is 2.19. The first-order valence-electron chi connectivity index (χ1n) is 8.49. The lowest BCUT2D eigenvalue weighted by molar-refractivity contribution is -0.115. The maximum Gasteiger partial charge on any atom is 0.271 e. The molecule has 1 aliphatic heterocycles. The van der Waals surface area contributed by atoms with Gasteiger partial charge in [-0.2, -0.15) is 0 Å². The second-order valence-electron chi connectivity index (χ2n) is 6.16. The fourth-order valence-corrected chi connectivity index (χ4v) is 2.69. The molecule has 2 aromatic rings. The van der Waals surface area contributed by atoms with Gasteiger partial charge in [0, 0.05) is 49.9 Å². The number of carbonyl (C=O) groups is 2. The number of amides is 2. The summed E-state index contributed by atoms with van der Waals surface area (Å²) < 4.78 is 0. The van der Waals surface area contributed by atoms with Crippen LogP contribution in [0.5, 0.6) is 0 Å². The average molecular weight is 354 g/mol. The monoisotopic (exact) mass is 354 g/mol. The van der Waals surface area contributed by atoms with Crippen LogP contribution in [0.15, 0.2) is 42.9 Å². The van der Waals surface area contributed by atoms with Crippen molar-refractivity contribution in [3.05, 3.63) is 48.5 Å². The Labute approximate surface area is 152 Å². The summed E-state index contributed by atoms with van der Waals surface area (Å²) in [5, 5.41) is 5.29. The molecule has 0 unspecified atom stereocenters. The Morgan fingerprint density at radius 3 is 2.46 bits per heavy atom. The minimum Gasteiger partial charge on any atom is -0.369 e. The highest BCUT2D eigenvalue weighted by Gasteiger charge is 2.14. The van der Waals surface area contributed by atoms with Crippen molar-refractivity contribution < 1.29 is 9.59 Å². The lowest BCUT2D eigenvalue weighted by Crippen LogP contribution is -2.44. The Morgan fingerprint density at radius 1 is 1.08 bits per heavy atom. The SMILES string of the molecule is CN1CCN(c2ccc(NC(=O)CNC(=O)c3cnccn3)cc2)CC1. The predicted octanol–water partition coefficient (Wildman–Crippen LogP) is 0.597. The topological polar surface area (TPSA) is 90.5 Å². The molecule has 0 radical (unpaired) electrons. The Balaban J connectivity index is 1.48. The quantitative estimate of drug-likeness (QED) is 0.817. The minimum absolute atomic E-state index is 0.129. The van der Waals surface area contributed by atoms with Gasteiger partial charge in [-0.1, -0.05) is 0 Å². The zero-order chi connectivity index (χ0) is 18.4. The number of hydrogen-bond acceptors (Lipinski definition) is 6. The van der Waals surface area contributed by atoms with E-state index in [4.69, 9.17) is 0 Å². The van der Waals surface area contributed by atoms with E-state index in [1.807, 2.05) is 24.3 Å². The van der Waals surface area contributed by atoms with E-state index in [2.05, 4.69) is 37.4 Å². The minimum atomic E-state index is -0.432. The van der Waals surface area contributed by atoms with Gasteiger partial charge < -0.3 is 20.4 Å². The van der Waals surface area contributed by atoms with Gasteiger partial charge in [-0.3, -0.25) is 14.6 Å². The maximum absolute atomic E-state index is 12.0. The number of carbonyl (C=O) groups excluding carboxylic acids is 2. The van der Waals surface area contributed by atoms with Crippen molar-refractivity contribution in [3.63, 3.8) is 0 Å². The molecule has 3 rings (SSSR count). The van der Waals surface area contributed by atoms with Crippen LogP contribution in [-0.4, -0.2) is 66.5 Å². The third-order valence-electron chi connectivity index (χ3n) is 4.22. The second kappa shape index (κ2) is 8.39. The van der Waals surface area contributed by atoms with E-state index in [-0.39, 0.29) is 18.1 Å². The van der Waals surface area contributed by atoms with Gasteiger partial charge in [-0.05, 0) is 31.3 Å². The van der Waals surface area contributed by atoms with Gasteiger partial charge in [0.25, 0.3) is 5.91 Å². The summed E-state index contributed by atoms with van der Waals surface area (Å²) >= 11 is 0. The van der Waals surface area contributed by atoms with E-state index in [1.54, 1.807) is 0 Å². The van der Waals surface area contributed by atoms with E-state index in [0.29, 0.717) is 5.69 Å². The molecular weight excluding hydrogens is 332 g/mol. The van der Waals surface area contributed by atoms with Crippen LogP contribution in [0, 0.1) is 0 Å². The maximum atomic E-state index is 12.0. The number of anilines is 2. The van der Waals surface area contributed by atoms with Crippen molar-refractivity contribution in [1.29, 1.82) is 0 Å². The van der Waals surface area contributed by atoms with Gasteiger partial charge in [-0.15, -0.1) is 0 Å². The molecule has 0 aliphatic carbocycles. The number of aromatic nitrogens is 2. The zero-order valence-electron chi connectivity index (χ0n) is 14.7. The fraction of sp³-hybridized carbons (Fsp3) is 0.333. The summed E-state index contributed by atoms with van der Waals surface area (Å²) in [7, 11) is 2.12. The molecule has 1 saturated heterocycles. The molecule has 136 valence electrons. The molecule has 1 aromatic heterocycles. The van der Waals surface area contributed by atoms with Crippen LogP contribution in [0.2, 0.25) is 0 Å². The molecule has 0 spiro atoms.